The minimum absolute atomic E-state index is 0.0795. The predicted octanol–water partition coefficient (Wildman–Crippen LogP) is 3.49. The van der Waals surface area contributed by atoms with Crippen molar-refractivity contribution in [3.63, 3.8) is 0 Å². The lowest BCUT2D eigenvalue weighted by atomic mass is 9.82. The van der Waals surface area contributed by atoms with Crippen LogP contribution in [0.5, 0.6) is 5.75 Å². The fourth-order valence-corrected chi connectivity index (χ4v) is 4.12. The Bertz CT molecular complexity index is 984. The molecule has 1 fully saturated rings. The van der Waals surface area contributed by atoms with Gasteiger partial charge in [-0.3, -0.25) is 14.9 Å². The zero-order valence-electron chi connectivity index (χ0n) is 17.3. The maximum absolute atomic E-state index is 12.6. The summed E-state index contributed by atoms with van der Waals surface area (Å²) in [6.07, 6.45) is 0.742. The summed E-state index contributed by atoms with van der Waals surface area (Å²) in [7, 11) is 1.59. The molecule has 162 valence electrons. The van der Waals surface area contributed by atoms with Crippen LogP contribution in [0.1, 0.15) is 31.2 Å². The lowest BCUT2D eigenvalue weighted by Crippen LogP contribution is -2.49. The van der Waals surface area contributed by atoms with Crippen LogP contribution in [0.4, 0.5) is 16.2 Å². The van der Waals surface area contributed by atoms with E-state index in [-0.39, 0.29) is 24.7 Å². The Labute approximate surface area is 180 Å². The molecular weight excluding hydrogens is 398 g/mol. The Morgan fingerprint density at radius 1 is 1.13 bits per heavy atom. The minimum atomic E-state index is -0.784. The van der Waals surface area contributed by atoms with E-state index in [1.165, 1.54) is 0 Å². The largest absolute Gasteiger partial charge is 0.497 e. The van der Waals surface area contributed by atoms with E-state index in [0.717, 1.165) is 5.56 Å². The van der Waals surface area contributed by atoms with Gasteiger partial charge in [-0.25, -0.2) is 4.79 Å². The van der Waals surface area contributed by atoms with Crippen molar-refractivity contribution in [2.24, 2.45) is 0 Å². The summed E-state index contributed by atoms with van der Waals surface area (Å²) in [6, 6.07) is 14.6. The second-order valence-corrected chi connectivity index (χ2v) is 7.72. The van der Waals surface area contributed by atoms with Crippen molar-refractivity contribution in [3.05, 3.63) is 54.1 Å². The Morgan fingerprint density at radius 2 is 1.87 bits per heavy atom. The van der Waals surface area contributed by atoms with Crippen molar-refractivity contribution in [1.82, 2.24) is 4.90 Å². The van der Waals surface area contributed by atoms with Crippen LogP contribution in [0.25, 0.3) is 0 Å². The molecule has 8 nitrogen and oxygen atoms in total. The molecule has 1 spiro atoms. The number of para-hydroxylation sites is 1. The van der Waals surface area contributed by atoms with E-state index in [0.29, 0.717) is 43.1 Å². The highest BCUT2D eigenvalue weighted by molar-refractivity contribution is 5.93. The Morgan fingerprint density at radius 3 is 2.58 bits per heavy atom. The van der Waals surface area contributed by atoms with Gasteiger partial charge in [0.15, 0.2) is 0 Å². The van der Waals surface area contributed by atoms with Crippen molar-refractivity contribution < 1.29 is 23.9 Å². The van der Waals surface area contributed by atoms with E-state index in [1.807, 2.05) is 24.3 Å². The third-order valence-corrected chi connectivity index (χ3v) is 5.79. The molecular formula is C23H25N3O5. The molecule has 2 aromatic rings. The first-order chi connectivity index (χ1) is 15.0. The lowest BCUT2D eigenvalue weighted by Gasteiger charge is -2.44. The highest BCUT2D eigenvalue weighted by Crippen LogP contribution is 2.44. The Balaban J connectivity index is 1.36. The van der Waals surface area contributed by atoms with Gasteiger partial charge in [-0.15, -0.1) is 0 Å². The summed E-state index contributed by atoms with van der Waals surface area (Å²) in [6.45, 7) is 0.895. The fraction of sp³-hybridized carbons (Fsp3) is 0.348. The van der Waals surface area contributed by atoms with Crippen LogP contribution in [-0.2, 0) is 19.9 Å². The average molecular weight is 423 g/mol. The topological polar surface area (TPSA) is 97.0 Å². The molecule has 8 heteroatoms. The zero-order valence-corrected chi connectivity index (χ0v) is 17.3. The predicted molar refractivity (Wildman–Crippen MR) is 115 cm³/mol. The summed E-state index contributed by atoms with van der Waals surface area (Å²) < 4.78 is 11.1. The first kappa shape index (κ1) is 20.7. The van der Waals surface area contributed by atoms with E-state index in [1.54, 1.807) is 36.3 Å². The maximum atomic E-state index is 12.6. The third kappa shape index (κ3) is 4.47. The van der Waals surface area contributed by atoms with Gasteiger partial charge in [-0.1, -0.05) is 18.2 Å². The van der Waals surface area contributed by atoms with E-state index in [4.69, 9.17) is 9.47 Å². The first-order valence-corrected chi connectivity index (χ1v) is 10.3. The van der Waals surface area contributed by atoms with Crippen molar-refractivity contribution in [2.75, 3.05) is 30.8 Å². The molecule has 2 aromatic carbocycles. The number of nitrogens with one attached hydrogen (secondary N) is 2. The van der Waals surface area contributed by atoms with Crippen molar-refractivity contribution in [1.29, 1.82) is 0 Å². The molecule has 31 heavy (non-hydrogen) atoms. The SMILES string of the molecule is COc1ccc2c(c1)C1(CCN(C(=O)CCC(=O)Nc3ccccc3)CC1)OC(=O)N2. The average Bonchev–Trinajstić information content (AvgIpc) is 2.78. The number of ether oxygens (including phenoxy) is 2. The van der Waals surface area contributed by atoms with Gasteiger partial charge in [0.05, 0.1) is 12.8 Å². The molecule has 0 aliphatic carbocycles. The number of carbonyl (C=O) groups is 3. The molecule has 0 unspecified atom stereocenters. The van der Waals surface area contributed by atoms with Crippen LogP contribution < -0.4 is 15.4 Å². The van der Waals surface area contributed by atoms with Gasteiger partial charge in [0.2, 0.25) is 11.8 Å². The van der Waals surface area contributed by atoms with Crippen molar-refractivity contribution in [2.45, 2.75) is 31.3 Å². The number of carbonyl (C=O) groups excluding carboxylic acids is 3. The van der Waals surface area contributed by atoms with Gasteiger partial charge in [-0.05, 0) is 30.3 Å². The first-order valence-electron chi connectivity index (χ1n) is 10.3. The van der Waals surface area contributed by atoms with Crippen molar-refractivity contribution >= 4 is 29.3 Å². The zero-order chi connectivity index (χ0) is 21.8. The summed E-state index contributed by atoms with van der Waals surface area (Å²) in [5, 5.41) is 5.52. The highest BCUT2D eigenvalue weighted by atomic mass is 16.6. The summed E-state index contributed by atoms with van der Waals surface area (Å²) >= 11 is 0. The van der Waals surface area contributed by atoms with Crippen LogP contribution in [0.15, 0.2) is 48.5 Å². The number of nitrogens with zero attached hydrogens (tertiary/aromatic N) is 1. The molecule has 1 saturated heterocycles. The number of fused-ring (bicyclic) bond motifs is 2. The van der Waals surface area contributed by atoms with Crippen LogP contribution in [0.2, 0.25) is 0 Å². The standard InChI is InChI=1S/C23H25N3O5/c1-30-17-7-8-19-18(15-17)23(31-22(29)25-19)11-13-26(14-12-23)21(28)10-9-20(27)24-16-5-3-2-4-6-16/h2-8,15H,9-14H2,1H3,(H,24,27)(H,25,29). The lowest BCUT2D eigenvalue weighted by molar-refractivity contribution is -0.137. The van der Waals surface area contributed by atoms with Crippen molar-refractivity contribution in [3.8, 4) is 5.75 Å². The quantitative estimate of drug-likeness (QED) is 0.767. The number of benzene rings is 2. The van der Waals surface area contributed by atoms with Crippen LogP contribution in [-0.4, -0.2) is 43.0 Å². The second kappa shape index (κ2) is 8.67. The minimum Gasteiger partial charge on any atom is -0.497 e. The second-order valence-electron chi connectivity index (χ2n) is 7.72. The summed E-state index contributed by atoms with van der Waals surface area (Å²) in [5.74, 6) is 0.409. The molecule has 3 amide bonds. The molecule has 2 aliphatic heterocycles. The van der Waals surface area contributed by atoms with Gasteiger partial charge in [0.25, 0.3) is 0 Å². The van der Waals surface area contributed by atoms with E-state index >= 15 is 0 Å². The smallest absolute Gasteiger partial charge is 0.412 e. The molecule has 4 rings (SSSR count). The van der Waals surface area contributed by atoms with Gasteiger partial charge in [0, 0.05) is 50.0 Å². The number of amides is 3. The molecule has 0 bridgehead atoms. The van der Waals surface area contributed by atoms with E-state index < -0.39 is 11.7 Å². The number of methoxy groups -OCH3 is 1. The fourth-order valence-electron chi connectivity index (χ4n) is 4.12. The number of likely N-dealkylation sites (tertiary alicyclic amines) is 1. The van der Waals surface area contributed by atoms with Crippen LogP contribution in [0, 0.1) is 0 Å². The molecule has 0 saturated carbocycles. The third-order valence-electron chi connectivity index (χ3n) is 5.79. The van der Waals surface area contributed by atoms with Gasteiger partial charge in [0.1, 0.15) is 11.4 Å². The van der Waals surface area contributed by atoms with Gasteiger partial charge >= 0.3 is 6.09 Å². The molecule has 2 N–H and O–H groups in total. The number of hydrogen-bond donors (Lipinski definition) is 2. The van der Waals surface area contributed by atoms with E-state index in [2.05, 4.69) is 10.6 Å². The number of hydrogen-bond acceptors (Lipinski definition) is 5. The monoisotopic (exact) mass is 423 g/mol. The molecule has 0 radical (unpaired) electrons. The molecule has 2 aliphatic rings. The Kier molecular flexibility index (Phi) is 5.79. The number of anilines is 2. The maximum Gasteiger partial charge on any atom is 0.412 e. The van der Waals surface area contributed by atoms with Crippen LogP contribution in [0.3, 0.4) is 0 Å². The van der Waals surface area contributed by atoms with Crippen LogP contribution >= 0.6 is 0 Å². The highest BCUT2D eigenvalue weighted by Gasteiger charge is 2.45. The molecule has 0 aromatic heterocycles. The summed E-state index contributed by atoms with van der Waals surface area (Å²) in [4.78, 5) is 38.6. The number of rotatable bonds is 5. The van der Waals surface area contributed by atoms with Gasteiger partial charge in [-0.2, -0.15) is 0 Å². The number of piperidine rings is 1. The Hall–Kier alpha value is -3.55. The molecule has 0 atom stereocenters. The normalized spacial score (nSPS) is 16.7. The molecule has 2 heterocycles. The van der Waals surface area contributed by atoms with E-state index in [9.17, 15) is 14.4 Å². The van der Waals surface area contributed by atoms with Gasteiger partial charge < -0.3 is 19.7 Å². The summed E-state index contributed by atoms with van der Waals surface area (Å²) in [5.41, 5.74) is 1.49.